The number of aromatic carboxylic acids is 1. The largest absolute Gasteiger partial charge is 0.478 e. The topological polar surface area (TPSA) is 104 Å². The fourth-order valence-corrected chi connectivity index (χ4v) is 3.55. The number of sulfonamides is 1. The number of carboxylic acids is 1. The summed E-state index contributed by atoms with van der Waals surface area (Å²) in [6.45, 7) is -0.108. The predicted molar refractivity (Wildman–Crippen MR) is 72.4 cm³/mol. The average Bonchev–Trinajstić information content (AvgIpc) is 2.34. The SMILES string of the molecule is O=C(O)c1ccc(Cl)c(S(=O)(=O)NCC2(O)CCC2)c1. The number of aliphatic hydroxyl groups is 1. The lowest BCUT2D eigenvalue weighted by Crippen LogP contribution is -2.47. The van der Waals surface area contributed by atoms with E-state index in [1.165, 1.54) is 12.1 Å². The van der Waals surface area contributed by atoms with Gasteiger partial charge < -0.3 is 10.2 Å². The molecule has 2 rings (SSSR count). The lowest BCUT2D eigenvalue weighted by Gasteiger charge is -2.36. The zero-order chi connectivity index (χ0) is 15.0. The van der Waals surface area contributed by atoms with E-state index in [9.17, 15) is 18.3 Å². The molecule has 0 radical (unpaired) electrons. The van der Waals surface area contributed by atoms with Crippen LogP contribution in [0.25, 0.3) is 0 Å². The van der Waals surface area contributed by atoms with Gasteiger partial charge in [-0.3, -0.25) is 0 Å². The molecule has 0 heterocycles. The summed E-state index contributed by atoms with van der Waals surface area (Å²) in [6.07, 6.45) is 1.93. The van der Waals surface area contributed by atoms with Crippen LogP contribution in [-0.4, -0.2) is 36.7 Å². The second-order valence-corrected chi connectivity index (χ2v) is 7.00. The third-order valence-corrected chi connectivity index (χ3v) is 5.23. The quantitative estimate of drug-likeness (QED) is 0.757. The molecule has 3 N–H and O–H groups in total. The first-order chi connectivity index (χ1) is 9.23. The molecule has 20 heavy (non-hydrogen) atoms. The van der Waals surface area contributed by atoms with Crippen LogP contribution in [0.2, 0.25) is 5.02 Å². The summed E-state index contributed by atoms with van der Waals surface area (Å²) < 4.78 is 26.5. The highest BCUT2D eigenvalue weighted by Gasteiger charge is 2.35. The molecule has 1 aliphatic rings. The van der Waals surface area contributed by atoms with Gasteiger partial charge in [0.1, 0.15) is 4.90 Å². The highest BCUT2D eigenvalue weighted by Crippen LogP contribution is 2.31. The summed E-state index contributed by atoms with van der Waals surface area (Å²) in [4.78, 5) is 10.6. The molecule has 1 fully saturated rings. The van der Waals surface area contributed by atoms with Crippen LogP contribution in [0.3, 0.4) is 0 Å². The molecule has 1 aromatic rings. The van der Waals surface area contributed by atoms with E-state index < -0.39 is 21.6 Å². The molecule has 1 aliphatic carbocycles. The van der Waals surface area contributed by atoms with E-state index in [1.54, 1.807) is 0 Å². The first-order valence-electron chi connectivity index (χ1n) is 5.98. The van der Waals surface area contributed by atoms with Crippen molar-refractivity contribution in [3.8, 4) is 0 Å². The van der Waals surface area contributed by atoms with Gasteiger partial charge in [0.05, 0.1) is 16.2 Å². The minimum Gasteiger partial charge on any atom is -0.478 e. The number of hydrogen-bond acceptors (Lipinski definition) is 4. The van der Waals surface area contributed by atoms with E-state index in [4.69, 9.17) is 16.7 Å². The van der Waals surface area contributed by atoms with E-state index >= 15 is 0 Å². The van der Waals surface area contributed by atoms with Gasteiger partial charge in [-0.25, -0.2) is 17.9 Å². The van der Waals surface area contributed by atoms with Crippen LogP contribution in [0.4, 0.5) is 0 Å². The standard InChI is InChI=1S/C12H14ClNO5S/c13-9-3-2-8(11(15)16)6-10(9)20(18,19)14-7-12(17)4-1-5-12/h2-3,6,14,17H,1,4-5,7H2,(H,15,16). The molecule has 0 amide bonds. The van der Waals surface area contributed by atoms with Gasteiger partial charge in [0.25, 0.3) is 0 Å². The van der Waals surface area contributed by atoms with Gasteiger partial charge in [-0.1, -0.05) is 11.6 Å². The normalized spacial score (nSPS) is 17.5. The highest BCUT2D eigenvalue weighted by molar-refractivity contribution is 7.89. The summed E-state index contributed by atoms with van der Waals surface area (Å²) in [5, 5.41) is 18.7. The fourth-order valence-electron chi connectivity index (χ4n) is 1.91. The number of hydrogen-bond donors (Lipinski definition) is 3. The van der Waals surface area contributed by atoms with Crippen molar-refractivity contribution in [3.05, 3.63) is 28.8 Å². The van der Waals surface area contributed by atoms with Gasteiger partial charge in [0.15, 0.2) is 0 Å². The first-order valence-corrected chi connectivity index (χ1v) is 7.85. The Bertz CT molecular complexity index is 639. The maximum atomic E-state index is 12.1. The fraction of sp³-hybridized carbons (Fsp3) is 0.417. The molecular weight excluding hydrogens is 306 g/mol. The summed E-state index contributed by atoms with van der Waals surface area (Å²) in [5.41, 5.74) is -1.18. The van der Waals surface area contributed by atoms with Crippen LogP contribution in [0.5, 0.6) is 0 Å². The van der Waals surface area contributed by atoms with Gasteiger partial charge in [-0.05, 0) is 37.5 Å². The van der Waals surface area contributed by atoms with Crippen molar-refractivity contribution in [1.29, 1.82) is 0 Å². The van der Waals surface area contributed by atoms with Gasteiger partial charge in [0, 0.05) is 6.54 Å². The van der Waals surface area contributed by atoms with E-state index in [-0.39, 0.29) is 22.0 Å². The number of nitrogens with one attached hydrogen (secondary N) is 1. The third kappa shape index (κ3) is 3.12. The first kappa shape index (κ1) is 15.2. The van der Waals surface area contributed by atoms with Crippen LogP contribution in [0.15, 0.2) is 23.1 Å². The molecule has 0 aliphatic heterocycles. The van der Waals surface area contributed by atoms with Crippen LogP contribution in [0, 0.1) is 0 Å². The molecule has 0 unspecified atom stereocenters. The molecule has 0 spiro atoms. The summed E-state index contributed by atoms with van der Waals surface area (Å²) >= 11 is 5.81. The monoisotopic (exact) mass is 319 g/mol. The van der Waals surface area contributed by atoms with Crippen LogP contribution in [-0.2, 0) is 10.0 Å². The second-order valence-electron chi connectivity index (χ2n) is 4.85. The van der Waals surface area contributed by atoms with Crippen molar-refractivity contribution in [1.82, 2.24) is 4.72 Å². The predicted octanol–water partition coefficient (Wildman–Crippen LogP) is 1.23. The lowest BCUT2D eigenvalue weighted by molar-refractivity contribution is -0.0271. The Labute approximate surface area is 121 Å². The van der Waals surface area contributed by atoms with Crippen LogP contribution < -0.4 is 4.72 Å². The number of halogens is 1. The molecule has 110 valence electrons. The molecule has 1 saturated carbocycles. The lowest BCUT2D eigenvalue weighted by atomic mass is 9.81. The summed E-state index contributed by atoms with van der Waals surface area (Å²) in [6, 6.07) is 3.44. The Hall–Kier alpha value is -1.15. The van der Waals surface area contributed by atoms with E-state index in [0.29, 0.717) is 12.8 Å². The van der Waals surface area contributed by atoms with Gasteiger partial charge in [0.2, 0.25) is 10.0 Å². The maximum absolute atomic E-state index is 12.1. The molecule has 6 nitrogen and oxygen atoms in total. The van der Waals surface area contributed by atoms with Crippen molar-refractivity contribution < 1.29 is 23.4 Å². The highest BCUT2D eigenvalue weighted by atomic mass is 35.5. The van der Waals surface area contributed by atoms with E-state index in [1.807, 2.05) is 0 Å². The van der Waals surface area contributed by atoms with E-state index in [2.05, 4.69) is 4.72 Å². The Morgan fingerprint density at radius 1 is 1.40 bits per heavy atom. The van der Waals surface area contributed by atoms with Crippen LogP contribution >= 0.6 is 11.6 Å². The molecule has 0 atom stereocenters. The van der Waals surface area contributed by atoms with Gasteiger partial charge >= 0.3 is 5.97 Å². The Balaban J connectivity index is 2.24. The average molecular weight is 320 g/mol. The molecule has 8 heteroatoms. The number of carbonyl (C=O) groups is 1. The minimum atomic E-state index is -3.96. The summed E-state index contributed by atoms with van der Waals surface area (Å²) in [7, 11) is -3.96. The number of benzene rings is 1. The molecule has 0 saturated heterocycles. The molecule has 1 aromatic carbocycles. The molecule has 0 aromatic heterocycles. The van der Waals surface area contributed by atoms with Crippen molar-refractivity contribution in [2.75, 3.05) is 6.54 Å². The molecular formula is C12H14ClNO5S. The number of carboxylic acid groups (broad SMARTS) is 1. The minimum absolute atomic E-state index is 0.0666. The van der Waals surface area contributed by atoms with Crippen molar-refractivity contribution in [2.45, 2.75) is 29.8 Å². The number of rotatable bonds is 5. The zero-order valence-electron chi connectivity index (χ0n) is 10.5. The molecule has 0 bridgehead atoms. The Kier molecular flexibility index (Phi) is 4.06. The van der Waals surface area contributed by atoms with Crippen molar-refractivity contribution in [2.24, 2.45) is 0 Å². The van der Waals surface area contributed by atoms with Gasteiger partial charge in [-0.15, -0.1) is 0 Å². The second kappa shape index (κ2) is 5.33. The van der Waals surface area contributed by atoms with Gasteiger partial charge in [-0.2, -0.15) is 0 Å². The van der Waals surface area contributed by atoms with E-state index in [0.717, 1.165) is 12.5 Å². The van der Waals surface area contributed by atoms with Crippen molar-refractivity contribution >= 4 is 27.6 Å². The third-order valence-electron chi connectivity index (χ3n) is 3.34. The maximum Gasteiger partial charge on any atom is 0.335 e. The Morgan fingerprint density at radius 3 is 2.55 bits per heavy atom. The van der Waals surface area contributed by atoms with Crippen molar-refractivity contribution in [3.63, 3.8) is 0 Å². The summed E-state index contributed by atoms with van der Waals surface area (Å²) in [5.74, 6) is -1.24. The van der Waals surface area contributed by atoms with Crippen LogP contribution in [0.1, 0.15) is 29.6 Å². The Morgan fingerprint density at radius 2 is 2.05 bits per heavy atom. The zero-order valence-corrected chi connectivity index (χ0v) is 12.0. The smallest absolute Gasteiger partial charge is 0.335 e.